The van der Waals surface area contributed by atoms with E-state index in [2.05, 4.69) is 42.7 Å². The lowest BCUT2D eigenvalue weighted by Crippen LogP contribution is -2.49. The zero-order valence-corrected chi connectivity index (χ0v) is 16.8. The average molecular weight is 337 g/mol. The molecule has 0 aliphatic carbocycles. The minimum Gasteiger partial charge on any atom is -0.301 e. The molecule has 1 atom stereocenters. The molecular formula is C21H40N2O. The fraction of sp³-hybridized carbons (Fsp3) is 0.857. The van der Waals surface area contributed by atoms with Gasteiger partial charge in [0.2, 0.25) is 0 Å². The maximum absolute atomic E-state index is 11.9. The molecular weight excluding hydrogens is 296 g/mol. The van der Waals surface area contributed by atoms with Gasteiger partial charge in [0, 0.05) is 38.6 Å². The zero-order valence-electron chi connectivity index (χ0n) is 16.8. The highest BCUT2D eigenvalue weighted by Crippen LogP contribution is 2.19. The molecule has 1 unspecified atom stereocenters. The molecule has 0 saturated carbocycles. The van der Waals surface area contributed by atoms with E-state index in [0.717, 1.165) is 38.0 Å². The summed E-state index contributed by atoms with van der Waals surface area (Å²) in [6, 6.07) is 0. The van der Waals surface area contributed by atoms with Gasteiger partial charge in [-0.05, 0) is 31.1 Å². The Morgan fingerprint density at radius 3 is 2.17 bits per heavy atom. The highest BCUT2D eigenvalue weighted by Gasteiger charge is 2.22. The Bertz CT molecular complexity index is 368. The molecule has 1 heterocycles. The lowest BCUT2D eigenvalue weighted by atomic mass is 9.93. The summed E-state index contributed by atoms with van der Waals surface area (Å²) in [6.07, 6.45) is 9.71. The third-order valence-electron chi connectivity index (χ3n) is 4.90. The summed E-state index contributed by atoms with van der Waals surface area (Å²) in [4.78, 5) is 16.8. The molecule has 0 aromatic rings. The summed E-state index contributed by atoms with van der Waals surface area (Å²) in [5.41, 5.74) is 0. The molecule has 140 valence electrons. The number of ketones is 1. The molecule has 0 radical (unpaired) electrons. The van der Waals surface area contributed by atoms with Crippen LogP contribution in [0.2, 0.25) is 0 Å². The van der Waals surface area contributed by atoms with Gasteiger partial charge in [-0.3, -0.25) is 9.69 Å². The largest absolute Gasteiger partial charge is 0.301 e. The average Bonchev–Trinajstić information content (AvgIpc) is 2.52. The molecule has 3 heteroatoms. The Morgan fingerprint density at radius 1 is 1.00 bits per heavy atom. The van der Waals surface area contributed by atoms with E-state index < -0.39 is 0 Å². The van der Waals surface area contributed by atoms with E-state index in [0.29, 0.717) is 12.3 Å². The molecule has 24 heavy (non-hydrogen) atoms. The SMILES string of the molecule is CCC/C=C\CC(CC(C)C)CN1CCN(CC(=O)C(C)C)CC1. The number of Topliss-reactive ketones (excluding diaryl/α,β-unsaturated/α-hetero) is 1. The van der Waals surface area contributed by atoms with Crippen LogP contribution < -0.4 is 0 Å². The topological polar surface area (TPSA) is 23.6 Å². The quantitative estimate of drug-likeness (QED) is 0.527. The van der Waals surface area contributed by atoms with Crippen molar-refractivity contribution in [3.05, 3.63) is 12.2 Å². The Hall–Kier alpha value is -0.670. The van der Waals surface area contributed by atoms with Crippen molar-refractivity contribution in [2.45, 2.75) is 60.3 Å². The predicted molar refractivity (Wildman–Crippen MR) is 104 cm³/mol. The second kappa shape index (κ2) is 11.8. The predicted octanol–water partition coefficient (Wildman–Crippen LogP) is 4.24. The summed E-state index contributed by atoms with van der Waals surface area (Å²) in [6.45, 7) is 17.0. The van der Waals surface area contributed by atoms with Crippen LogP contribution >= 0.6 is 0 Å². The number of carbonyl (C=O) groups is 1. The number of allylic oxidation sites excluding steroid dienone is 2. The summed E-state index contributed by atoms with van der Waals surface area (Å²) in [5.74, 6) is 2.07. The number of nitrogens with zero attached hydrogens (tertiary/aromatic N) is 2. The number of piperazine rings is 1. The first kappa shape index (κ1) is 21.4. The van der Waals surface area contributed by atoms with E-state index >= 15 is 0 Å². The molecule has 0 amide bonds. The minimum atomic E-state index is 0.161. The molecule has 0 N–H and O–H groups in total. The van der Waals surface area contributed by atoms with Crippen LogP contribution in [0.3, 0.4) is 0 Å². The highest BCUT2D eigenvalue weighted by molar-refractivity contribution is 5.82. The molecule has 1 aliphatic heterocycles. The normalized spacial score (nSPS) is 18.8. The van der Waals surface area contributed by atoms with Gasteiger partial charge in [-0.15, -0.1) is 0 Å². The van der Waals surface area contributed by atoms with Gasteiger partial charge in [-0.2, -0.15) is 0 Å². The van der Waals surface area contributed by atoms with Crippen molar-refractivity contribution >= 4 is 5.78 Å². The van der Waals surface area contributed by atoms with Crippen molar-refractivity contribution in [3.63, 3.8) is 0 Å². The van der Waals surface area contributed by atoms with Crippen LogP contribution in [-0.4, -0.2) is 54.9 Å². The van der Waals surface area contributed by atoms with Crippen LogP contribution in [0.15, 0.2) is 12.2 Å². The van der Waals surface area contributed by atoms with E-state index in [4.69, 9.17) is 0 Å². The van der Waals surface area contributed by atoms with Gasteiger partial charge in [-0.25, -0.2) is 0 Å². The summed E-state index contributed by atoms with van der Waals surface area (Å²) >= 11 is 0. The van der Waals surface area contributed by atoms with Crippen LogP contribution in [-0.2, 0) is 4.79 Å². The number of carbonyl (C=O) groups excluding carboxylic acids is 1. The third kappa shape index (κ3) is 8.98. The number of hydrogen-bond acceptors (Lipinski definition) is 3. The van der Waals surface area contributed by atoms with E-state index in [1.54, 1.807) is 0 Å². The van der Waals surface area contributed by atoms with Gasteiger partial charge in [0.15, 0.2) is 0 Å². The van der Waals surface area contributed by atoms with E-state index in [-0.39, 0.29) is 5.92 Å². The molecule has 0 aromatic carbocycles. The second-order valence-electron chi connectivity index (χ2n) is 8.19. The molecule has 1 fully saturated rings. The van der Waals surface area contributed by atoms with Crippen LogP contribution in [0.25, 0.3) is 0 Å². The van der Waals surface area contributed by atoms with Crippen LogP contribution in [0, 0.1) is 17.8 Å². The fourth-order valence-electron chi connectivity index (χ4n) is 3.38. The van der Waals surface area contributed by atoms with Crippen LogP contribution in [0.4, 0.5) is 0 Å². The second-order valence-corrected chi connectivity index (χ2v) is 8.19. The smallest absolute Gasteiger partial charge is 0.149 e. The molecule has 1 rings (SSSR count). The Labute approximate surface area is 150 Å². The number of rotatable bonds is 11. The first-order chi connectivity index (χ1) is 11.4. The van der Waals surface area contributed by atoms with Crippen LogP contribution in [0.1, 0.15) is 60.3 Å². The highest BCUT2D eigenvalue weighted by atomic mass is 16.1. The van der Waals surface area contributed by atoms with Crippen molar-refractivity contribution in [1.82, 2.24) is 9.80 Å². The third-order valence-corrected chi connectivity index (χ3v) is 4.90. The zero-order chi connectivity index (χ0) is 17.9. The van der Waals surface area contributed by atoms with Crippen molar-refractivity contribution in [2.75, 3.05) is 39.3 Å². The number of hydrogen-bond donors (Lipinski definition) is 0. The summed E-state index contributed by atoms with van der Waals surface area (Å²) < 4.78 is 0. The van der Waals surface area contributed by atoms with E-state index in [9.17, 15) is 4.79 Å². The van der Waals surface area contributed by atoms with Crippen molar-refractivity contribution < 1.29 is 4.79 Å². The summed E-state index contributed by atoms with van der Waals surface area (Å²) in [7, 11) is 0. The van der Waals surface area contributed by atoms with E-state index in [1.807, 2.05) is 13.8 Å². The molecule has 1 saturated heterocycles. The minimum absolute atomic E-state index is 0.161. The fourth-order valence-corrected chi connectivity index (χ4v) is 3.38. The van der Waals surface area contributed by atoms with Crippen molar-refractivity contribution in [1.29, 1.82) is 0 Å². The molecule has 0 aromatic heterocycles. The lowest BCUT2D eigenvalue weighted by Gasteiger charge is -2.36. The Morgan fingerprint density at radius 2 is 1.62 bits per heavy atom. The summed E-state index contributed by atoms with van der Waals surface area (Å²) in [5, 5.41) is 0. The Balaban J connectivity index is 2.38. The number of unbranched alkanes of at least 4 members (excludes halogenated alkanes) is 1. The Kier molecular flexibility index (Phi) is 10.5. The first-order valence-corrected chi connectivity index (χ1v) is 10.0. The first-order valence-electron chi connectivity index (χ1n) is 10.0. The maximum Gasteiger partial charge on any atom is 0.149 e. The van der Waals surface area contributed by atoms with Gasteiger partial charge in [0.25, 0.3) is 0 Å². The van der Waals surface area contributed by atoms with Gasteiger partial charge in [0.1, 0.15) is 5.78 Å². The molecule has 3 nitrogen and oxygen atoms in total. The standard InChI is InChI=1S/C21H40N2O/c1-6-7-8-9-10-20(15-18(2)3)16-22-11-13-23(14-12-22)17-21(24)19(4)5/h8-9,18-20H,6-7,10-17H2,1-5H3/b9-8-. The molecule has 1 aliphatic rings. The van der Waals surface area contributed by atoms with E-state index in [1.165, 1.54) is 32.2 Å². The van der Waals surface area contributed by atoms with Gasteiger partial charge in [0.05, 0.1) is 6.54 Å². The molecule has 0 spiro atoms. The van der Waals surface area contributed by atoms with Gasteiger partial charge < -0.3 is 4.90 Å². The maximum atomic E-state index is 11.9. The monoisotopic (exact) mass is 336 g/mol. The van der Waals surface area contributed by atoms with Crippen molar-refractivity contribution in [2.24, 2.45) is 17.8 Å². The van der Waals surface area contributed by atoms with Gasteiger partial charge in [-0.1, -0.05) is 53.2 Å². The van der Waals surface area contributed by atoms with Crippen molar-refractivity contribution in [3.8, 4) is 0 Å². The van der Waals surface area contributed by atoms with Gasteiger partial charge >= 0.3 is 0 Å². The molecule has 0 bridgehead atoms. The van der Waals surface area contributed by atoms with Crippen LogP contribution in [0.5, 0.6) is 0 Å². The lowest BCUT2D eigenvalue weighted by molar-refractivity contribution is -0.123.